The van der Waals surface area contributed by atoms with Crippen LogP contribution in [0.1, 0.15) is 13.3 Å². The number of allylic oxidation sites excluding steroid dienone is 1. The van der Waals surface area contributed by atoms with Gasteiger partial charge in [-0.2, -0.15) is 0 Å². The summed E-state index contributed by atoms with van der Waals surface area (Å²) in [5, 5.41) is 9.36. The van der Waals surface area contributed by atoms with E-state index in [1.165, 1.54) is 0 Å². The number of aliphatic imine (C=N–C) groups is 2. The average molecular weight is 151 g/mol. The minimum atomic E-state index is -0.554. The van der Waals surface area contributed by atoms with Gasteiger partial charge in [-0.3, -0.25) is 0 Å². The third-order valence-corrected chi connectivity index (χ3v) is 1.37. The molecule has 1 heterocycles. The summed E-state index contributed by atoms with van der Waals surface area (Å²) in [6.45, 7) is 1.92. The van der Waals surface area contributed by atoms with Crippen molar-refractivity contribution in [1.29, 1.82) is 0 Å². The molecule has 1 unspecified atom stereocenters. The number of hydrogen-bond acceptors (Lipinski definition) is 3. The molecule has 0 aromatic heterocycles. The largest absolute Gasteiger partial charge is 0.372 e. The minimum Gasteiger partial charge on any atom is -0.372 e. The van der Waals surface area contributed by atoms with Crippen LogP contribution in [0, 0.1) is 6.17 Å². The van der Waals surface area contributed by atoms with Gasteiger partial charge in [0.15, 0.2) is 18.5 Å². The number of aliphatic hydroxyl groups excluding tert-OH is 1. The molecule has 0 saturated carbocycles. The van der Waals surface area contributed by atoms with Crippen molar-refractivity contribution < 1.29 is 5.11 Å². The summed E-state index contributed by atoms with van der Waals surface area (Å²) >= 11 is 0. The molecule has 1 N–H and O–H groups in total. The van der Waals surface area contributed by atoms with E-state index in [1.54, 1.807) is 12.4 Å². The number of hydrogen-bond donors (Lipinski definition) is 1. The second kappa shape index (κ2) is 3.93. The summed E-state index contributed by atoms with van der Waals surface area (Å²) in [4.78, 5) is 7.75. The molecule has 0 aromatic rings. The zero-order valence-electron chi connectivity index (χ0n) is 6.44. The summed E-state index contributed by atoms with van der Waals surface area (Å²) in [6.07, 6.45) is 7.47. The maximum atomic E-state index is 9.36. The molecule has 11 heavy (non-hydrogen) atoms. The second-order valence-electron chi connectivity index (χ2n) is 2.24. The van der Waals surface area contributed by atoms with Gasteiger partial charge in [0, 0.05) is 6.42 Å². The molecular formula is C8H11N2O+. The lowest BCUT2D eigenvalue weighted by molar-refractivity contribution is 0.188. The van der Waals surface area contributed by atoms with E-state index in [-0.39, 0.29) is 0 Å². The van der Waals surface area contributed by atoms with Gasteiger partial charge in [0.25, 0.3) is 6.17 Å². The van der Waals surface area contributed by atoms with Gasteiger partial charge < -0.3 is 5.11 Å². The smallest absolute Gasteiger partial charge is 0.269 e. The summed E-state index contributed by atoms with van der Waals surface area (Å²) in [5.41, 5.74) is 0. The minimum absolute atomic E-state index is 0.503. The summed E-state index contributed by atoms with van der Waals surface area (Å²) in [5.74, 6) is 0. The fourth-order valence-electron chi connectivity index (χ4n) is 0.795. The Morgan fingerprint density at radius 1 is 1.55 bits per heavy atom. The predicted molar refractivity (Wildman–Crippen MR) is 45.7 cm³/mol. The Morgan fingerprint density at radius 2 is 2.18 bits per heavy atom. The molecule has 0 aliphatic carbocycles. The Balaban J connectivity index is 2.35. The maximum absolute atomic E-state index is 9.36. The van der Waals surface area contributed by atoms with Crippen molar-refractivity contribution in [2.75, 3.05) is 0 Å². The molecule has 0 aromatic carbocycles. The molecule has 3 nitrogen and oxygen atoms in total. The molecule has 0 radical (unpaired) electrons. The fourth-order valence-corrected chi connectivity index (χ4v) is 0.795. The highest BCUT2D eigenvalue weighted by Crippen LogP contribution is 2.15. The first-order chi connectivity index (χ1) is 5.34. The lowest BCUT2D eigenvalue weighted by atomic mass is 10.2. The van der Waals surface area contributed by atoms with E-state index in [0.29, 0.717) is 12.6 Å². The van der Waals surface area contributed by atoms with Gasteiger partial charge in [-0.15, -0.1) is 0 Å². The second-order valence-corrected chi connectivity index (χ2v) is 2.24. The van der Waals surface area contributed by atoms with E-state index in [2.05, 4.69) is 9.98 Å². The third kappa shape index (κ3) is 2.20. The van der Waals surface area contributed by atoms with E-state index >= 15 is 0 Å². The molecule has 3 heteroatoms. The van der Waals surface area contributed by atoms with Gasteiger partial charge in [0.05, 0.1) is 0 Å². The van der Waals surface area contributed by atoms with Crippen LogP contribution in [0.25, 0.3) is 0 Å². The van der Waals surface area contributed by atoms with Gasteiger partial charge in [0.1, 0.15) is 0 Å². The Bertz CT molecular complexity index is 184. The highest BCUT2D eigenvalue weighted by Gasteiger charge is 2.24. The predicted octanol–water partition coefficient (Wildman–Crippen LogP) is 0.958. The van der Waals surface area contributed by atoms with Crippen LogP contribution < -0.4 is 0 Å². The Kier molecular flexibility index (Phi) is 2.86. The van der Waals surface area contributed by atoms with Crippen molar-refractivity contribution >= 4 is 12.4 Å². The Hall–Kier alpha value is -1.09. The quantitative estimate of drug-likeness (QED) is 0.474. The van der Waals surface area contributed by atoms with Crippen LogP contribution in [0.5, 0.6) is 0 Å². The molecule has 0 bridgehead atoms. The van der Waals surface area contributed by atoms with Gasteiger partial charge in [-0.1, -0.05) is 22.1 Å². The van der Waals surface area contributed by atoms with Crippen LogP contribution in [-0.4, -0.2) is 23.6 Å². The highest BCUT2D eigenvalue weighted by molar-refractivity contribution is 6.18. The average Bonchev–Trinajstić information content (AvgIpc) is 2.52. The SMILES string of the molecule is CC=CCC(O)[C+]1N=CC=N1. The van der Waals surface area contributed by atoms with Gasteiger partial charge in [-0.05, 0) is 6.92 Å². The molecule has 0 amide bonds. The zero-order valence-corrected chi connectivity index (χ0v) is 6.44. The molecular weight excluding hydrogens is 140 g/mol. The summed E-state index contributed by atoms with van der Waals surface area (Å²) < 4.78 is 0. The molecule has 58 valence electrons. The van der Waals surface area contributed by atoms with Crippen molar-refractivity contribution in [3.63, 3.8) is 0 Å². The van der Waals surface area contributed by atoms with Crippen molar-refractivity contribution in [3.05, 3.63) is 18.3 Å². The van der Waals surface area contributed by atoms with E-state index in [9.17, 15) is 5.11 Å². The van der Waals surface area contributed by atoms with E-state index in [0.717, 1.165) is 0 Å². The van der Waals surface area contributed by atoms with Gasteiger partial charge in [-0.25, -0.2) is 0 Å². The van der Waals surface area contributed by atoms with Crippen molar-refractivity contribution in [1.82, 2.24) is 0 Å². The zero-order chi connectivity index (χ0) is 8.10. The molecule has 0 spiro atoms. The van der Waals surface area contributed by atoms with Gasteiger partial charge in [0.2, 0.25) is 0 Å². The molecule has 1 aliphatic heterocycles. The highest BCUT2D eigenvalue weighted by atomic mass is 16.3. The van der Waals surface area contributed by atoms with Crippen molar-refractivity contribution in [2.24, 2.45) is 9.98 Å². The standard InChI is InChI=1S/C8H11N2O/c1-2-3-4-7(11)8-9-5-6-10-8/h2-3,5-7,11H,4H2,1H3/q+1. The van der Waals surface area contributed by atoms with Crippen LogP contribution >= 0.6 is 0 Å². The van der Waals surface area contributed by atoms with E-state index in [1.807, 2.05) is 19.1 Å². The fraction of sp³-hybridized carbons (Fsp3) is 0.375. The van der Waals surface area contributed by atoms with Crippen LogP contribution in [-0.2, 0) is 0 Å². The monoisotopic (exact) mass is 151 g/mol. The number of nitrogens with zero attached hydrogens (tertiary/aromatic N) is 2. The Labute approximate surface area is 66.2 Å². The van der Waals surface area contributed by atoms with Crippen molar-refractivity contribution in [3.8, 4) is 0 Å². The molecule has 0 fully saturated rings. The van der Waals surface area contributed by atoms with Crippen LogP contribution in [0.2, 0.25) is 0 Å². The number of rotatable bonds is 3. The first-order valence-corrected chi connectivity index (χ1v) is 3.57. The molecule has 1 aliphatic rings. The first kappa shape index (κ1) is 8.01. The lowest BCUT2D eigenvalue weighted by Crippen LogP contribution is -2.12. The third-order valence-electron chi connectivity index (χ3n) is 1.37. The van der Waals surface area contributed by atoms with Crippen molar-refractivity contribution in [2.45, 2.75) is 19.4 Å². The topological polar surface area (TPSA) is 45.0 Å². The van der Waals surface area contributed by atoms with E-state index in [4.69, 9.17) is 0 Å². The summed E-state index contributed by atoms with van der Waals surface area (Å²) in [6, 6.07) is 0. The van der Waals surface area contributed by atoms with Gasteiger partial charge >= 0.3 is 0 Å². The molecule has 1 rings (SSSR count). The molecule has 0 saturated heterocycles. The lowest BCUT2D eigenvalue weighted by Gasteiger charge is -2.02. The van der Waals surface area contributed by atoms with Crippen LogP contribution in [0.4, 0.5) is 0 Å². The Morgan fingerprint density at radius 3 is 2.73 bits per heavy atom. The number of aliphatic hydroxyl groups is 1. The van der Waals surface area contributed by atoms with Crippen LogP contribution in [0.15, 0.2) is 22.1 Å². The molecule has 1 atom stereocenters. The summed E-state index contributed by atoms with van der Waals surface area (Å²) in [7, 11) is 0. The van der Waals surface area contributed by atoms with E-state index < -0.39 is 6.10 Å². The first-order valence-electron chi connectivity index (χ1n) is 3.57. The normalized spacial score (nSPS) is 18.5. The maximum Gasteiger partial charge on any atom is 0.269 e. The van der Waals surface area contributed by atoms with Crippen LogP contribution in [0.3, 0.4) is 0 Å².